The van der Waals surface area contributed by atoms with Gasteiger partial charge in [-0.2, -0.15) is 0 Å². The molecular formula is C22H22O2. The lowest BCUT2D eigenvalue weighted by molar-refractivity contribution is 0.00998. The molecule has 0 bridgehead atoms. The van der Waals surface area contributed by atoms with Crippen molar-refractivity contribution in [1.29, 1.82) is 0 Å². The minimum absolute atomic E-state index is 0.322. The van der Waals surface area contributed by atoms with Gasteiger partial charge in [0, 0.05) is 5.92 Å². The molecule has 0 aliphatic rings. The molecule has 24 heavy (non-hydrogen) atoms. The van der Waals surface area contributed by atoms with E-state index in [2.05, 4.69) is 0 Å². The van der Waals surface area contributed by atoms with Crippen molar-refractivity contribution in [3.8, 4) is 0 Å². The third-order valence-electron chi connectivity index (χ3n) is 4.41. The molecule has 0 aromatic heterocycles. The fourth-order valence-electron chi connectivity index (χ4n) is 3.08. The van der Waals surface area contributed by atoms with Crippen LogP contribution >= 0.6 is 0 Å². The van der Waals surface area contributed by atoms with E-state index < -0.39 is 12.2 Å². The average molecular weight is 318 g/mol. The van der Waals surface area contributed by atoms with Crippen molar-refractivity contribution in [2.45, 2.75) is 18.6 Å². The summed E-state index contributed by atoms with van der Waals surface area (Å²) in [6.45, 7) is 0. The Kier molecular flexibility index (Phi) is 5.42. The molecule has 0 fully saturated rings. The third-order valence-corrected chi connectivity index (χ3v) is 4.41. The second-order valence-electron chi connectivity index (χ2n) is 6.06. The van der Waals surface area contributed by atoms with Crippen molar-refractivity contribution >= 4 is 0 Å². The van der Waals surface area contributed by atoms with Crippen molar-refractivity contribution in [1.82, 2.24) is 0 Å². The molecule has 0 spiro atoms. The zero-order valence-corrected chi connectivity index (χ0v) is 13.5. The van der Waals surface area contributed by atoms with E-state index in [-0.39, 0.29) is 5.92 Å². The van der Waals surface area contributed by atoms with Crippen LogP contribution in [0.15, 0.2) is 91.0 Å². The van der Waals surface area contributed by atoms with Gasteiger partial charge in [-0.15, -0.1) is 0 Å². The van der Waals surface area contributed by atoms with E-state index in [0.29, 0.717) is 6.42 Å². The maximum absolute atomic E-state index is 10.9. The van der Waals surface area contributed by atoms with E-state index in [1.54, 1.807) is 0 Å². The Morgan fingerprint density at radius 2 is 0.917 bits per heavy atom. The van der Waals surface area contributed by atoms with Crippen LogP contribution in [0.1, 0.15) is 28.9 Å². The van der Waals surface area contributed by atoms with Crippen LogP contribution in [0.4, 0.5) is 0 Å². The quantitative estimate of drug-likeness (QED) is 0.711. The molecule has 0 saturated heterocycles. The van der Waals surface area contributed by atoms with Gasteiger partial charge < -0.3 is 10.2 Å². The number of aliphatic hydroxyl groups excluding tert-OH is 2. The van der Waals surface area contributed by atoms with E-state index >= 15 is 0 Å². The lowest BCUT2D eigenvalue weighted by atomic mass is 9.83. The van der Waals surface area contributed by atoms with Gasteiger partial charge in [0.1, 0.15) is 0 Å². The Hall–Kier alpha value is -2.42. The maximum Gasteiger partial charge on any atom is 0.0849 e. The third kappa shape index (κ3) is 3.91. The molecule has 0 heterocycles. The van der Waals surface area contributed by atoms with Gasteiger partial charge in [-0.1, -0.05) is 91.0 Å². The summed E-state index contributed by atoms with van der Waals surface area (Å²) in [5.41, 5.74) is 2.76. The molecule has 3 aromatic carbocycles. The van der Waals surface area contributed by atoms with Gasteiger partial charge in [-0.05, 0) is 23.1 Å². The van der Waals surface area contributed by atoms with Gasteiger partial charge in [0.15, 0.2) is 0 Å². The Morgan fingerprint density at radius 1 is 0.542 bits per heavy atom. The van der Waals surface area contributed by atoms with E-state index in [1.807, 2.05) is 91.0 Å². The number of benzene rings is 3. The zero-order valence-electron chi connectivity index (χ0n) is 13.5. The van der Waals surface area contributed by atoms with Crippen molar-refractivity contribution in [3.05, 3.63) is 108 Å². The second kappa shape index (κ2) is 7.91. The van der Waals surface area contributed by atoms with E-state index in [1.165, 1.54) is 0 Å². The number of hydrogen-bond donors (Lipinski definition) is 2. The van der Waals surface area contributed by atoms with Crippen LogP contribution in [-0.2, 0) is 6.42 Å². The topological polar surface area (TPSA) is 40.5 Å². The minimum atomic E-state index is -0.735. The van der Waals surface area contributed by atoms with Gasteiger partial charge in [0.25, 0.3) is 0 Å². The summed E-state index contributed by atoms with van der Waals surface area (Å²) in [7, 11) is 0. The first-order valence-corrected chi connectivity index (χ1v) is 8.25. The average Bonchev–Trinajstić information content (AvgIpc) is 2.67. The molecule has 2 heteroatoms. The minimum Gasteiger partial charge on any atom is -0.388 e. The largest absolute Gasteiger partial charge is 0.388 e. The monoisotopic (exact) mass is 318 g/mol. The first-order chi connectivity index (χ1) is 11.8. The summed E-state index contributed by atoms with van der Waals surface area (Å²) in [5.74, 6) is -0.322. The SMILES string of the molecule is OC(c1ccccc1)C(Cc1ccccc1)C(O)c1ccccc1. The van der Waals surface area contributed by atoms with Gasteiger partial charge in [-0.25, -0.2) is 0 Å². The highest BCUT2D eigenvalue weighted by Crippen LogP contribution is 2.35. The lowest BCUT2D eigenvalue weighted by Gasteiger charge is -2.28. The first kappa shape index (κ1) is 16.4. The number of aliphatic hydroxyl groups is 2. The number of rotatable bonds is 6. The molecule has 3 aromatic rings. The Labute approximate surface area is 143 Å². The fourth-order valence-corrected chi connectivity index (χ4v) is 3.08. The van der Waals surface area contributed by atoms with Crippen LogP contribution < -0.4 is 0 Å². The van der Waals surface area contributed by atoms with Crippen molar-refractivity contribution < 1.29 is 10.2 Å². The standard InChI is InChI=1S/C22H22O2/c23-21(18-12-6-2-7-13-18)20(16-17-10-4-1-5-11-17)22(24)19-14-8-3-9-15-19/h1-15,20-24H,16H2. The Morgan fingerprint density at radius 3 is 1.33 bits per heavy atom. The molecule has 0 radical (unpaired) electrons. The normalized spacial score (nSPS) is 14.8. The van der Waals surface area contributed by atoms with E-state index in [0.717, 1.165) is 16.7 Å². The molecular weight excluding hydrogens is 296 g/mol. The molecule has 0 aliphatic carbocycles. The predicted octanol–water partition coefficient (Wildman–Crippen LogP) is 4.31. The van der Waals surface area contributed by atoms with Crippen molar-refractivity contribution in [3.63, 3.8) is 0 Å². The van der Waals surface area contributed by atoms with Crippen LogP contribution in [0.25, 0.3) is 0 Å². The van der Waals surface area contributed by atoms with E-state index in [9.17, 15) is 10.2 Å². The van der Waals surface area contributed by atoms with Gasteiger partial charge >= 0.3 is 0 Å². The van der Waals surface area contributed by atoms with E-state index in [4.69, 9.17) is 0 Å². The lowest BCUT2D eigenvalue weighted by Crippen LogP contribution is -2.23. The van der Waals surface area contributed by atoms with Crippen LogP contribution in [0.3, 0.4) is 0 Å². The van der Waals surface area contributed by atoms with Crippen molar-refractivity contribution in [2.24, 2.45) is 5.92 Å². The van der Waals surface area contributed by atoms with Crippen LogP contribution in [0.5, 0.6) is 0 Å². The highest BCUT2D eigenvalue weighted by molar-refractivity contribution is 5.24. The highest BCUT2D eigenvalue weighted by Gasteiger charge is 2.29. The molecule has 0 saturated carbocycles. The van der Waals surface area contributed by atoms with Crippen molar-refractivity contribution in [2.75, 3.05) is 0 Å². The summed E-state index contributed by atoms with van der Waals surface area (Å²) < 4.78 is 0. The summed E-state index contributed by atoms with van der Waals surface area (Å²) in [4.78, 5) is 0. The maximum atomic E-state index is 10.9. The Bertz CT molecular complexity index is 680. The summed E-state index contributed by atoms with van der Waals surface area (Å²) >= 11 is 0. The van der Waals surface area contributed by atoms with Crippen LogP contribution in [-0.4, -0.2) is 10.2 Å². The summed E-state index contributed by atoms with van der Waals surface area (Å²) in [5, 5.41) is 21.8. The number of hydrogen-bond acceptors (Lipinski definition) is 2. The smallest absolute Gasteiger partial charge is 0.0849 e. The molecule has 2 N–H and O–H groups in total. The molecule has 2 atom stereocenters. The molecule has 0 amide bonds. The van der Waals surface area contributed by atoms with Gasteiger partial charge in [0.05, 0.1) is 12.2 Å². The molecule has 3 rings (SSSR count). The fraction of sp³-hybridized carbons (Fsp3) is 0.182. The Balaban J connectivity index is 1.91. The molecule has 2 unspecified atom stereocenters. The highest BCUT2D eigenvalue weighted by atomic mass is 16.3. The second-order valence-corrected chi connectivity index (χ2v) is 6.06. The molecule has 0 aliphatic heterocycles. The van der Waals surface area contributed by atoms with Gasteiger partial charge in [-0.3, -0.25) is 0 Å². The predicted molar refractivity (Wildman–Crippen MR) is 96.4 cm³/mol. The zero-order chi connectivity index (χ0) is 16.8. The summed E-state index contributed by atoms with van der Waals surface area (Å²) in [6, 6.07) is 29.1. The first-order valence-electron chi connectivity index (χ1n) is 8.25. The van der Waals surface area contributed by atoms with Crippen LogP contribution in [0, 0.1) is 5.92 Å². The molecule has 2 nitrogen and oxygen atoms in total. The van der Waals surface area contributed by atoms with Gasteiger partial charge in [0.2, 0.25) is 0 Å². The molecule has 122 valence electrons. The van der Waals surface area contributed by atoms with Crippen LogP contribution in [0.2, 0.25) is 0 Å². The summed E-state index contributed by atoms with van der Waals surface area (Å²) in [6.07, 6.45) is -0.865.